The first-order valence-corrected chi connectivity index (χ1v) is 4.48. The van der Waals surface area contributed by atoms with Crippen molar-refractivity contribution in [3.05, 3.63) is 29.8 Å². The second-order valence-electron chi connectivity index (χ2n) is 3.03. The zero-order valence-electron chi connectivity index (χ0n) is 8.33. The summed E-state index contributed by atoms with van der Waals surface area (Å²) < 4.78 is 44.2. The summed E-state index contributed by atoms with van der Waals surface area (Å²) >= 11 is 0. The SMILES string of the molecule is OCc1ccc(OCOCC(F)(F)F)cc1. The molecule has 6 heteroatoms. The quantitative estimate of drug-likeness (QED) is 0.628. The molecule has 1 rings (SSSR count). The van der Waals surface area contributed by atoms with E-state index >= 15 is 0 Å². The first-order chi connectivity index (χ1) is 7.51. The summed E-state index contributed by atoms with van der Waals surface area (Å²) in [6, 6.07) is 6.31. The van der Waals surface area contributed by atoms with Gasteiger partial charge in [-0.25, -0.2) is 0 Å². The average Bonchev–Trinajstić information content (AvgIpc) is 2.24. The summed E-state index contributed by atoms with van der Waals surface area (Å²) in [5, 5.41) is 8.74. The first kappa shape index (κ1) is 12.8. The molecule has 0 aliphatic rings. The smallest absolute Gasteiger partial charge is 0.411 e. The van der Waals surface area contributed by atoms with Crippen molar-refractivity contribution in [3.63, 3.8) is 0 Å². The monoisotopic (exact) mass is 236 g/mol. The maximum absolute atomic E-state index is 11.7. The molecule has 1 N–H and O–H groups in total. The van der Waals surface area contributed by atoms with Gasteiger partial charge in [0.25, 0.3) is 0 Å². The molecule has 0 fully saturated rings. The second-order valence-corrected chi connectivity index (χ2v) is 3.03. The Labute approximate surface area is 90.4 Å². The molecule has 1 aromatic carbocycles. The van der Waals surface area contributed by atoms with Gasteiger partial charge < -0.3 is 14.6 Å². The summed E-state index contributed by atoms with van der Waals surface area (Å²) in [6.07, 6.45) is -4.34. The molecule has 0 saturated carbocycles. The van der Waals surface area contributed by atoms with Gasteiger partial charge in [0.1, 0.15) is 12.4 Å². The molecule has 16 heavy (non-hydrogen) atoms. The van der Waals surface area contributed by atoms with Crippen molar-refractivity contribution in [2.24, 2.45) is 0 Å². The molecule has 0 aliphatic carbocycles. The van der Waals surface area contributed by atoms with Gasteiger partial charge in [0.05, 0.1) is 6.61 Å². The highest BCUT2D eigenvalue weighted by Gasteiger charge is 2.27. The zero-order chi connectivity index (χ0) is 12.0. The van der Waals surface area contributed by atoms with Gasteiger partial charge in [0.15, 0.2) is 6.79 Å². The lowest BCUT2D eigenvalue weighted by atomic mass is 10.2. The highest BCUT2D eigenvalue weighted by Crippen LogP contribution is 2.15. The van der Waals surface area contributed by atoms with E-state index in [1.807, 2.05) is 0 Å². The minimum atomic E-state index is -4.34. The Bertz CT molecular complexity index is 308. The molecule has 90 valence electrons. The van der Waals surface area contributed by atoms with E-state index < -0.39 is 19.6 Å². The molecular weight excluding hydrogens is 225 g/mol. The summed E-state index contributed by atoms with van der Waals surface area (Å²) in [5.74, 6) is 0.388. The van der Waals surface area contributed by atoms with Crippen LogP contribution in [0.25, 0.3) is 0 Å². The van der Waals surface area contributed by atoms with Gasteiger partial charge in [-0.3, -0.25) is 0 Å². The number of hydrogen-bond acceptors (Lipinski definition) is 3. The summed E-state index contributed by atoms with van der Waals surface area (Å²) in [5.41, 5.74) is 0.698. The van der Waals surface area contributed by atoms with Crippen LogP contribution >= 0.6 is 0 Å². The van der Waals surface area contributed by atoms with Crippen LogP contribution in [0.15, 0.2) is 24.3 Å². The molecule has 0 unspecified atom stereocenters. The lowest BCUT2D eigenvalue weighted by molar-refractivity contribution is -0.186. The van der Waals surface area contributed by atoms with Crippen LogP contribution in [0.4, 0.5) is 13.2 Å². The van der Waals surface area contributed by atoms with Gasteiger partial charge in [-0.2, -0.15) is 13.2 Å². The Morgan fingerprint density at radius 2 is 1.75 bits per heavy atom. The van der Waals surface area contributed by atoms with Crippen molar-refractivity contribution in [2.75, 3.05) is 13.4 Å². The number of ether oxygens (including phenoxy) is 2. The number of aliphatic hydroxyl groups is 1. The Balaban J connectivity index is 2.27. The Kier molecular flexibility index (Phi) is 4.57. The molecule has 1 aromatic rings. The van der Waals surface area contributed by atoms with Crippen LogP contribution in [-0.4, -0.2) is 24.7 Å². The van der Waals surface area contributed by atoms with Crippen molar-refractivity contribution in [3.8, 4) is 5.75 Å². The number of aliphatic hydroxyl groups excluding tert-OH is 1. The van der Waals surface area contributed by atoms with Gasteiger partial charge in [-0.05, 0) is 17.7 Å². The second kappa shape index (κ2) is 5.72. The van der Waals surface area contributed by atoms with Gasteiger partial charge >= 0.3 is 6.18 Å². The Morgan fingerprint density at radius 1 is 1.12 bits per heavy atom. The van der Waals surface area contributed by atoms with E-state index in [9.17, 15) is 13.2 Å². The molecule has 0 spiro atoms. The van der Waals surface area contributed by atoms with Crippen LogP contribution in [0, 0.1) is 0 Å². The fourth-order valence-electron chi connectivity index (χ4n) is 0.958. The van der Waals surface area contributed by atoms with Crippen molar-refractivity contribution in [1.82, 2.24) is 0 Å². The van der Waals surface area contributed by atoms with E-state index in [4.69, 9.17) is 9.84 Å². The minimum Gasteiger partial charge on any atom is -0.468 e. The van der Waals surface area contributed by atoms with Crippen LogP contribution in [0.5, 0.6) is 5.75 Å². The van der Waals surface area contributed by atoms with E-state index in [0.717, 1.165) is 0 Å². The summed E-state index contributed by atoms with van der Waals surface area (Å²) in [6.45, 7) is -1.88. The van der Waals surface area contributed by atoms with Crippen LogP contribution in [0.1, 0.15) is 5.56 Å². The summed E-state index contributed by atoms with van der Waals surface area (Å²) in [7, 11) is 0. The van der Waals surface area contributed by atoms with Gasteiger partial charge in [0, 0.05) is 0 Å². The molecule has 0 radical (unpaired) electrons. The van der Waals surface area contributed by atoms with Crippen molar-refractivity contribution < 1.29 is 27.8 Å². The highest BCUT2D eigenvalue weighted by molar-refractivity contribution is 5.26. The molecule has 0 saturated heterocycles. The summed E-state index contributed by atoms with van der Waals surface area (Å²) in [4.78, 5) is 0. The zero-order valence-corrected chi connectivity index (χ0v) is 8.33. The lowest BCUT2D eigenvalue weighted by Gasteiger charge is -2.09. The largest absolute Gasteiger partial charge is 0.468 e. The molecule has 0 amide bonds. The van der Waals surface area contributed by atoms with Crippen LogP contribution in [0.2, 0.25) is 0 Å². The van der Waals surface area contributed by atoms with E-state index in [1.54, 1.807) is 24.3 Å². The average molecular weight is 236 g/mol. The minimum absolute atomic E-state index is 0.0924. The Morgan fingerprint density at radius 3 is 2.25 bits per heavy atom. The lowest BCUT2D eigenvalue weighted by Crippen LogP contribution is -2.19. The number of rotatable bonds is 5. The fourth-order valence-corrected chi connectivity index (χ4v) is 0.958. The van der Waals surface area contributed by atoms with Crippen LogP contribution in [-0.2, 0) is 11.3 Å². The van der Waals surface area contributed by atoms with Gasteiger partial charge in [-0.15, -0.1) is 0 Å². The van der Waals surface area contributed by atoms with Crippen molar-refractivity contribution in [2.45, 2.75) is 12.8 Å². The van der Waals surface area contributed by atoms with Gasteiger partial charge in [-0.1, -0.05) is 12.1 Å². The van der Waals surface area contributed by atoms with Crippen molar-refractivity contribution in [1.29, 1.82) is 0 Å². The van der Waals surface area contributed by atoms with Crippen LogP contribution < -0.4 is 4.74 Å². The number of hydrogen-bond donors (Lipinski definition) is 1. The highest BCUT2D eigenvalue weighted by atomic mass is 19.4. The maximum Gasteiger partial charge on any atom is 0.411 e. The van der Waals surface area contributed by atoms with Crippen molar-refractivity contribution >= 4 is 0 Å². The van der Waals surface area contributed by atoms with Gasteiger partial charge in [0.2, 0.25) is 0 Å². The third-order valence-electron chi connectivity index (χ3n) is 1.68. The molecule has 0 atom stereocenters. The predicted octanol–water partition coefficient (Wildman–Crippen LogP) is 2.09. The standard InChI is InChI=1S/C10H11F3O3/c11-10(12,13)6-15-7-16-9-3-1-8(5-14)2-4-9/h1-4,14H,5-7H2. The predicted molar refractivity (Wildman–Crippen MR) is 49.9 cm³/mol. The topological polar surface area (TPSA) is 38.7 Å². The van der Waals surface area contributed by atoms with Crippen LogP contribution in [0.3, 0.4) is 0 Å². The van der Waals surface area contributed by atoms with E-state index in [0.29, 0.717) is 11.3 Å². The number of halogens is 3. The fraction of sp³-hybridized carbons (Fsp3) is 0.400. The third kappa shape index (κ3) is 4.99. The van der Waals surface area contributed by atoms with E-state index in [1.165, 1.54) is 0 Å². The number of alkyl halides is 3. The van der Waals surface area contributed by atoms with E-state index in [-0.39, 0.29) is 6.61 Å². The molecule has 3 nitrogen and oxygen atoms in total. The molecule has 0 bridgehead atoms. The molecule has 0 aromatic heterocycles. The molecule has 0 aliphatic heterocycles. The molecule has 0 heterocycles. The third-order valence-corrected chi connectivity index (χ3v) is 1.68. The van der Waals surface area contributed by atoms with E-state index in [2.05, 4.69) is 4.74 Å². The molecular formula is C10H11F3O3. The first-order valence-electron chi connectivity index (χ1n) is 4.48. The normalized spacial score (nSPS) is 11.5. The number of benzene rings is 1. The Hall–Kier alpha value is -1.27. The maximum atomic E-state index is 11.7.